The fourth-order valence-electron chi connectivity index (χ4n) is 1.92. The van der Waals surface area contributed by atoms with Crippen LogP contribution in [0.2, 0.25) is 5.02 Å². The van der Waals surface area contributed by atoms with Crippen LogP contribution in [0.3, 0.4) is 0 Å². The lowest BCUT2D eigenvalue weighted by Gasteiger charge is -1.99. The first-order valence-corrected chi connectivity index (χ1v) is 6.45. The van der Waals surface area contributed by atoms with E-state index in [0.717, 1.165) is 26.3 Å². The molecule has 0 unspecified atom stereocenters. The lowest BCUT2D eigenvalue weighted by atomic mass is 10.1. The normalized spacial score (nSPS) is 10.9. The zero-order chi connectivity index (χ0) is 11.8. The first-order chi connectivity index (χ1) is 8.25. The highest BCUT2D eigenvalue weighted by atomic mass is 79.9. The monoisotopic (exact) mass is 305 g/mol. The lowest BCUT2D eigenvalue weighted by molar-refractivity contribution is 1.44. The molecule has 0 aliphatic heterocycles. The Bertz CT molecular complexity index is 670. The number of rotatable bonds is 1. The summed E-state index contributed by atoms with van der Waals surface area (Å²) in [5.41, 5.74) is 3.34. The number of benzene rings is 2. The molecular formula is C14H9BrClN. The second-order valence-electron chi connectivity index (χ2n) is 3.87. The summed E-state index contributed by atoms with van der Waals surface area (Å²) >= 11 is 9.54. The van der Waals surface area contributed by atoms with E-state index in [-0.39, 0.29) is 0 Å². The predicted molar refractivity (Wildman–Crippen MR) is 76.4 cm³/mol. The average Bonchev–Trinajstić information content (AvgIpc) is 2.69. The highest BCUT2D eigenvalue weighted by molar-refractivity contribution is 9.10. The Morgan fingerprint density at radius 1 is 0.941 bits per heavy atom. The third kappa shape index (κ3) is 1.88. The number of aromatic nitrogens is 1. The number of nitrogens with one attached hydrogen (secondary N) is 1. The van der Waals surface area contributed by atoms with E-state index < -0.39 is 0 Å². The van der Waals surface area contributed by atoms with Crippen molar-refractivity contribution in [3.63, 3.8) is 0 Å². The van der Waals surface area contributed by atoms with E-state index in [1.807, 2.05) is 36.4 Å². The van der Waals surface area contributed by atoms with Crippen molar-refractivity contribution in [1.29, 1.82) is 0 Å². The molecule has 0 saturated heterocycles. The van der Waals surface area contributed by atoms with Crippen LogP contribution in [0.5, 0.6) is 0 Å². The van der Waals surface area contributed by atoms with Gasteiger partial charge in [0.25, 0.3) is 0 Å². The summed E-state index contributed by atoms with van der Waals surface area (Å²) in [4.78, 5) is 3.41. The van der Waals surface area contributed by atoms with E-state index in [2.05, 4.69) is 33.0 Å². The first kappa shape index (κ1) is 10.9. The van der Waals surface area contributed by atoms with Crippen molar-refractivity contribution >= 4 is 38.4 Å². The minimum atomic E-state index is 0.751. The van der Waals surface area contributed by atoms with Gasteiger partial charge in [0.15, 0.2) is 0 Å². The Morgan fingerprint density at radius 3 is 2.35 bits per heavy atom. The topological polar surface area (TPSA) is 15.8 Å². The van der Waals surface area contributed by atoms with Gasteiger partial charge in [-0.15, -0.1) is 0 Å². The molecular weight excluding hydrogens is 298 g/mol. The van der Waals surface area contributed by atoms with Crippen molar-refractivity contribution in [3.05, 3.63) is 58.0 Å². The van der Waals surface area contributed by atoms with E-state index in [0.29, 0.717) is 0 Å². The molecule has 0 bridgehead atoms. The number of H-pyrrole nitrogens is 1. The fraction of sp³-hybridized carbons (Fsp3) is 0. The van der Waals surface area contributed by atoms with Crippen molar-refractivity contribution < 1.29 is 0 Å². The molecule has 0 saturated carbocycles. The maximum absolute atomic E-state index is 5.90. The highest BCUT2D eigenvalue weighted by Crippen LogP contribution is 2.34. The Kier molecular flexibility index (Phi) is 2.69. The molecule has 0 spiro atoms. The highest BCUT2D eigenvalue weighted by Gasteiger charge is 2.09. The van der Waals surface area contributed by atoms with Crippen LogP contribution in [-0.4, -0.2) is 4.98 Å². The van der Waals surface area contributed by atoms with Crippen LogP contribution >= 0.6 is 27.5 Å². The van der Waals surface area contributed by atoms with Gasteiger partial charge in [0.2, 0.25) is 0 Å². The second-order valence-corrected chi connectivity index (χ2v) is 5.10. The maximum Gasteiger partial charge on any atom is 0.0609 e. The van der Waals surface area contributed by atoms with Gasteiger partial charge < -0.3 is 4.98 Å². The van der Waals surface area contributed by atoms with E-state index in [9.17, 15) is 0 Å². The van der Waals surface area contributed by atoms with Gasteiger partial charge in [-0.25, -0.2) is 0 Å². The van der Waals surface area contributed by atoms with Gasteiger partial charge in [0.05, 0.1) is 10.2 Å². The summed E-state index contributed by atoms with van der Waals surface area (Å²) in [6.45, 7) is 0. The molecule has 0 amide bonds. The van der Waals surface area contributed by atoms with Crippen LogP contribution in [0.15, 0.2) is 53.0 Å². The van der Waals surface area contributed by atoms with Gasteiger partial charge >= 0.3 is 0 Å². The first-order valence-electron chi connectivity index (χ1n) is 5.28. The molecule has 1 nitrogen and oxygen atoms in total. The molecule has 17 heavy (non-hydrogen) atoms. The van der Waals surface area contributed by atoms with Crippen LogP contribution < -0.4 is 0 Å². The second kappa shape index (κ2) is 4.21. The molecule has 3 rings (SSSR count). The fourth-order valence-corrected chi connectivity index (χ4v) is 2.72. The van der Waals surface area contributed by atoms with Gasteiger partial charge in [-0.3, -0.25) is 0 Å². The molecule has 0 aliphatic rings. The third-order valence-electron chi connectivity index (χ3n) is 2.78. The smallest absolute Gasteiger partial charge is 0.0609 e. The third-order valence-corrected chi connectivity index (χ3v) is 3.85. The molecule has 3 aromatic rings. The van der Waals surface area contributed by atoms with Gasteiger partial charge in [-0.1, -0.05) is 41.9 Å². The number of para-hydroxylation sites is 1. The molecule has 1 heterocycles. The zero-order valence-electron chi connectivity index (χ0n) is 8.87. The number of hydrogen-bond donors (Lipinski definition) is 1. The van der Waals surface area contributed by atoms with Gasteiger partial charge in [-0.05, 0) is 39.7 Å². The molecule has 0 radical (unpaired) electrons. The molecule has 2 aromatic carbocycles. The van der Waals surface area contributed by atoms with Gasteiger partial charge in [0, 0.05) is 15.9 Å². The summed E-state index contributed by atoms with van der Waals surface area (Å²) < 4.78 is 1.09. The molecule has 1 N–H and O–H groups in total. The summed E-state index contributed by atoms with van der Waals surface area (Å²) in [7, 11) is 0. The molecule has 0 aliphatic carbocycles. The molecule has 1 aromatic heterocycles. The minimum Gasteiger partial charge on any atom is -0.354 e. The SMILES string of the molecule is Clc1ccc(-c2[nH]c3ccccc3c2Br)cc1. The van der Waals surface area contributed by atoms with Crippen molar-refractivity contribution in [1.82, 2.24) is 4.98 Å². The zero-order valence-corrected chi connectivity index (χ0v) is 11.2. The van der Waals surface area contributed by atoms with Crippen LogP contribution in [0.1, 0.15) is 0 Å². The van der Waals surface area contributed by atoms with Crippen LogP contribution in [0.25, 0.3) is 22.2 Å². The number of hydrogen-bond acceptors (Lipinski definition) is 0. The summed E-state index contributed by atoms with van der Waals surface area (Å²) in [6.07, 6.45) is 0. The summed E-state index contributed by atoms with van der Waals surface area (Å²) in [5.74, 6) is 0. The van der Waals surface area contributed by atoms with Crippen molar-refractivity contribution in [2.24, 2.45) is 0 Å². The quantitative estimate of drug-likeness (QED) is 0.632. The number of fused-ring (bicyclic) bond motifs is 1. The largest absolute Gasteiger partial charge is 0.354 e. The Hall–Kier alpha value is -1.25. The number of aromatic amines is 1. The van der Waals surface area contributed by atoms with E-state index in [4.69, 9.17) is 11.6 Å². The van der Waals surface area contributed by atoms with E-state index in [1.165, 1.54) is 5.39 Å². The predicted octanol–water partition coefficient (Wildman–Crippen LogP) is 5.25. The van der Waals surface area contributed by atoms with E-state index in [1.54, 1.807) is 0 Å². The van der Waals surface area contributed by atoms with Crippen LogP contribution in [-0.2, 0) is 0 Å². The van der Waals surface area contributed by atoms with Gasteiger partial charge in [-0.2, -0.15) is 0 Å². The van der Waals surface area contributed by atoms with Crippen molar-refractivity contribution in [2.75, 3.05) is 0 Å². The standard InChI is InChI=1S/C14H9BrClN/c15-13-11-3-1-2-4-12(11)17-14(13)9-5-7-10(16)8-6-9/h1-8,17H. The maximum atomic E-state index is 5.90. The molecule has 0 fully saturated rings. The van der Waals surface area contributed by atoms with Crippen LogP contribution in [0, 0.1) is 0 Å². The minimum absolute atomic E-state index is 0.751. The molecule has 84 valence electrons. The Morgan fingerprint density at radius 2 is 1.65 bits per heavy atom. The lowest BCUT2D eigenvalue weighted by Crippen LogP contribution is -1.77. The summed E-state index contributed by atoms with van der Waals surface area (Å²) in [6, 6.07) is 16.0. The summed E-state index contributed by atoms with van der Waals surface area (Å²) in [5, 5.41) is 1.94. The van der Waals surface area contributed by atoms with Crippen molar-refractivity contribution in [2.45, 2.75) is 0 Å². The van der Waals surface area contributed by atoms with Crippen LogP contribution in [0.4, 0.5) is 0 Å². The molecule has 3 heteroatoms. The molecule has 0 atom stereocenters. The van der Waals surface area contributed by atoms with Crippen molar-refractivity contribution in [3.8, 4) is 11.3 Å². The number of halogens is 2. The Balaban J connectivity index is 2.24. The van der Waals surface area contributed by atoms with E-state index >= 15 is 0 Å². The Labute approximate surface area is 113 Å². The average molecular weight is 307 g/mol. The van der Waals surface area contributed by atoms with Gasteiger partial charge in [0.1, 0.15) is 0 Å².